The van der Waals surface area contributed by atoms with Gasteiger partial charge in [-0.05, 0) is 36.2 Å². The molecule has 0 atom stereocenters. The third kappa shape index (κ3) is 3.29. The van der Waals surface area contributed by atoms with Gasteiger partial charge in [-0.2, -0.15) is 0 Å². The molecule has 1 aliphatic heterocycles. The molecule has 0 saturated heterocycles. The van der Waals surface area contributed by atoms with Crippen LogP contribution in [0.3, 0.4) is 0 Å². The van der Waals surface area contributed by atoms with Crippen LogP contribution in [0.25, 0.3) is 0 Å². The molecule has 24 heavy (non-hydrogen) atoms. The third-order valence-corrected chi connectivity index (χ3v) is 3.59. The highest BCUT2D eigenvalue weighted by atomic mass is 19.2. The summed E-state index contributed by atoms with van der Waals surface area (Å²) in [6, 6.07) is 7.04. The molecular formula is C17H14F3NO3. The minimum Gasteiger partial charge on any atom is -0.486 e. The van der Waals surface area contributed by atoms with Crippen molar-refractivity contribution < 1.29 is 27.4 Å². The molecule has 4 nitrogen and oxygen atoms in total. The van der Waals surface area contributed by atoms with E-state index < -0.39 is 28.9 Å². The lowest BCUT2D eigenvalue weighted by atomic mass is 10.1. The smallest absolute Gasteiger partial charge is 0.254 e. The maximum absolute atomic E-state index is 13.5. The number of ether oxygens (including phenoxy) is 2. The Morgan fingerprint density at radius 3 is 2.54 bits per heavy atom. The molecule has 0 unspecified atom stereocenters. The van der Waals surface area contributed by atoms with Gasteiger partial charge in [-0.15, -0.1) is 0 Å². The standard InChI is InChI=1S/C17H14F3NO3/c18-12-3-2-11(15(19)16(12)20)17(22)21-6-5-10-1-4-13-14(9-10)24-8-7-23-13/h1-4,9H,5-8H2,(H,21,22). The second-order valence-corrected chi connectivity index (χ2v) is 5.21. The monoisotopic (exact) mass is 337 g/mol. The Morgan fingerprint density at radius 2 is 1.75 bits per heavy atom. The zero-order chi connectivity index (χ0) is 17.1. The molecular weight excluding hydrogens is 323 g/mol. The molecule has 0 aromatic heterocycles. The summed E-state index contributed by atoms with van der Waals surface area (Å²) in [4.78, 5) is 11.9. The molecule has 0 saturated carbocycles. The largest absolute Gasteiger partial charge is 0.486 e. The van der Waals surface area contributed by atoms with E-state index in [2.05, 4.69) is 5.32 Å². The predicted octanol–water partition coefficient (Wildman–Crippen LogP) is 2.85. The minimum atomic E-state index is -1.66. The number of fused-ring (bicyclic) bond motifs is 1. The molecule has 7 heteroatoms. The number of carbonyl (C=O) groups excluding carboxylic acids is 1. The van der Waals surface area contributed by atoms with Crippen LogP contribution in [0.2, 0.25) is 0 Å². The Morgan fingerprint density at radius 1 is 1.00 bits per heavy atom. The van der Waals surface area contributed by atoms with E-state index in [0.717, 1.165) is 11.6 Å². The van der Waals surface area contributed by atoms with Crippen LogP contribution in [0.15, 0.2) is 30.3 Å². The van der Waals surface area contributed by atoms with Crippen LogP contribution in [0.4, 0.5) is 13.2 Å². The van der Waals surface area contributed by atoms with Crippen molar-refractivity contribution in [3.05, 3.63) is 58.9 Å². The molecule has 126 valence electrons. The molecule has 2 aromatic rings. The second-order valence-electron chi connectivity index (χ2n) is 5.21. The van der Waals surface area contributed by atoms with E-state index >= 15 is 0 Å². The van der Waals surface area contributed by atoms with Crippen molar-refractivity contribution >= 4 is 5.91 Å². The summed E-state index contributed by atoms with van der Waals surface area (Å²) < 4.78 is 50.4. The maximum atomic E-state index is 13.5. The van der Waals surface area contributed by atoms with Gasteiger partial charge >= 0.3 is 0 Å². The lowest BCUT2D eigenvalue weighted by Gasteiger charge is -2.18. The van der Waals surface area contributed by atoms with Crippen LogP contribution in [0.5, 0.6) is 11.5 Å². The summed E-state index contributed by atoms with van der Waals surface area (Å²) in [7, 11) is 0. The molecule has 1 N–H and O–H groups in total. The Balaban J connectivity index is 1.60. The maximum Gasteiger partial charge on any atom is 0.254 e. The Labute approximate surface area is 136 Å². The molecule has 1 heterocycles. The molecule has 1 amide bonds. The van der Waals surface area contributed by atoms with E-state index in [1.165, 1.54) is 0 Å². The average molecular weight is 337 g/mol. The number of hydrogen-bond acceptors (Lipinski definition) is 3. The van der Waals surface area contributed by atoms with Gasteiger partial charge in [-0.3, -0.25) is 4.79 Å². The van der Waals surface area contributed by atoms with Crippen molar-refractivity contribution in [1.82, 2.24) is 5.32 Å². The Kier molecular flexibility index (Phi) is 4.59. The summed E-state index contributed by atoms with van der Waals surface area (Å²) in [5, 5.41) is 2.47. The van der Waals surface area contributed by atoms with Gasteiger partial charge in [0.1, 0.15) is 13.2 Å². The van der Waals surface area contributed by atoms with Crippen LogP contribution >= 0.6 is 0 Å². The minimum absolute atomic E-state index is 0.205. The van der Waals surface area contributed by atoms with Crippen LogP contribution in [0.1, 0.15) is 15.9 Å². The lowest BCUT2D eigenvalue weighted by Crippen LogP contribution is -2.27. The fourth-order valence-electron chi connectivity index (χ4n) is 2.36. The highest BCUT2D eigenvalue weighted by Crippen LogP contribution is 2.30. The number of nitrogens with one attached hydrogen (secondary N) is 1. The molecule has 0 bridgehead atoms. The van der Waals surface area contributed by atoms with E-state index in [0.29, 0.717) is 37.2 Å². The van der Waals surface area contributed by atoms with Gasteiger partial charge in [-0.1, -0.05) is 6.07 Å². The summed E-state index contributed by atoms with van der Waals surface area (Å²) in [6.45, 7) is 1.18. The molecule has 1 aliphatic rings. The number of halogens is 3. The van der Waals surface area contributed by atoms with Crippen molar-refractivity contribution in [2.45, 2.75) is 6.42 Å². The van der Waals surface area contributed by atoms with Crippen molar-refractivity contribution in [3.63, 3.8) is 0 Å². The highest BCUT2D eigenvalue weighted by Gasteiger charge is 2.18. The van der Waals surface area contributed by atoms with Gasteiger partial charge < -0.3 is 14.8 Å². The summed E-state index contributed by atoms with van der Waals surface area (Å²) in [5.74, 6) is -3.99. The quantitative estimate of drug-likeness (QED) is 0.873. The van der Waals surface area contributed by atoms with Gasteiger partial charge in [-0.25, -0.2) is 13.2 Å². The second kappa shape index (κ2) is 6.82. The first-order valence-electron chi connectivity index (χ1n) is 7.36. The predicted molar refractivity (Wildman–Crippen MR) is 79.8 cm³/mol. The fraction of sp³-hybridized carbons (Fsp3) is 0.235. The summed E-state index contributed by atoms with van der Waals surface area (Å²) in [5.41, 5.74) is 0.362. The fourth-order valence-corrected chi connectivity index (χ4v) is 2.36. The van der Waals surface area contributed by atoms with E-state index in [1.807, 2.05) is 6.07 Å². The number of benzene rings is 2. The first-order valence-corrected chi connectivity index (χ1v) is 7.36. The highest BCUT2D eigenvalue weighted by molar-refractivity contribution is 5.94. The number of carbonyl (C=O) groups is 1. The molecule has 2 aromatic carbocycles. The van der Waals surface area contributed by atoms with Crippen molar-refractivity contribution in [2.75, 3.05) is 19.8 Å². The first kappa shape index (κ1) is 16.2. The lowest BCUT2D eigenvalue weighted by molar-refractivity contribution is 0.0949. The topological polar surface area (TPSA) is 47.6 Å². The van der Waals surface area contributed by atoms with E-state index in [9.17, 15) is 18.0 Å². The molecule has 3 rings (SSSR count). The Bertz CT molecular complexity index is 780. The molecule has 0 spiro atoms. The van der Waals surface area contributed by atoms with Crippen molar-refractivity contribution in [2.24, 2.45) is 0 Å². The van der Waals surface area contributed by atoms with E-state index in [1.54, 1.807) is 12.1 Å². The van der Waals surface area contributed by atoms with Gasteiger partial charge in [0.05, 0.1) is 5.56 Å². The summed E-state index contributed by atoms with van der Waals surface area (Å²) >= 11 is 0. The zero-order valence-electron chi connectivity index (χ0n) is 12.6. The van der Waals surface area contributed by atoms with Crippen LogP contribution in [-0.2, 0) is 6.42 Å². The first-order chi connectivity index (χ1) is 11.6. The number of amides is 1. The van der Waals surface area contributed by atoms with Crippen molar-refractivity contribution in [3.8, 4) is 11.5 Å². The molecule has 0 aliphatic carbocycles. The number of hydrogen-bond donors (Lipinski definition) is 1. The number of rotatable bonds is 4. The van der Waals surface area contributed by atoms with Crippen molar-refractivity contribution in [1.29, 1.82) is 0 Å². The van der Waals surface area contributed by atoms with Gasteiger partial charge in [0, 0.05) is 6.54 Å². The van der Waals surface area contributed by atoms with Gasteiger partial charge in [0.2, 0.25) is 0 Å². The van der Waals surface area contributed by atoms with Crippen LogP contribution in [0, 0.1) is 17.5 Å². The van der Waals surface area contributed by atoms with Crippen LogP contribution in [-0.4, -0.2) is 25.7 Å². The SMILES string of the molecule is O=C(NCCc1ccc2c(c1)OCCO2)c1ccc(F)c(F)c1F. The molecule has 0 radical (unpaired) electrons. The van der Waals surface area contributed by atoms with E-state index in [-0.39, 0.29) is 6.54 Å². The zero-order valence-corrected chi connectivity index (χ0v) is 12.6. The van der Waals surface area contributed by atoms with Gasteiger partial charge in [0.15, 0.2) is 29.0 Å². The third-order valence-electron chi connectivity index (χ3n) is 3.59. The normalized spacial score (nSPS) is 12.8. The van der Waals surface area contributed by atoms with E-state index in [4.69, 9.17) is 9.47 Å². The van der Waals surface area contributed by atoms with Crippen LogP contribution < -0.4 is 14.8 Å². The molecule has 0 fully saturated rings. The van der Waals surface area contributed by atoms with Gasteiger partial charge in [0.25, 0.3) is 5.91 Å². The average Bonchev–Trinajstić information content (AvgIpc) is 2.59. The summed E-state index contributed by atoms with van der Waals surface area (Å²) in [6.07, 6.45) is 0.466. The Hall–Kier alpha value is -2.70.